The van der Waals surface area contributed by atoms with Gasteiger partial charge in [0, 0.05) is 16.7 Å². The first-order chi connectivity index (χ1) is 9.45. The number of Topliss-reactive ketones (excluding diaryl/α,β-unsaturated/α-hetero) is 1. The summed E-state index contributed by atoms with van der Waals surface area (Å²) in [6.45, 7) is 3.30. The Kier molecular flexibility index (Phi) is 4.32. The summed E-state index contributed by atoms with van der Waals surface area (Å²) >= 11 is 10.3. The molecule has 1 unspecified atom stereocenters. The standard InChI is InChI=1S/C15H13ClN2OS/c1-8-13(9(2)19)14(12(7-17)15(20)18-8)10-4-3-5-11(16)6-10/h3-6,13-14,20H,1-2H3/t13?,14-/m1/s1. The van der Waals surface area contributed by atoms with E-state index in [0.29, 0.717) is 21.3 Å². The van der Waals surface area contributed by atoms with Gasteiger partial charge in [-0.2, -0.15) is 5.26 Å². The van der Waals surface area contributed by atoms with Crippen LogP contribution >= 0.6 is 24.2 Å². The highest BCUT2D eigenvalue weighted by Gasteiger charge is 2.36. The highest BCUT2D eigenvalue weighted by molar-refractivity contribution is 7.84. The molecule has 0 fully saturated rings. The Bertz CT molecular complexity index is 673. The Labute approximate surface area is 128 Å². The molecule has 0 saturated carbocycles. The van der Waals surface area contributed by atoms with Gasteiger partial charge in [0.2, 0.25) is 0 Å². The molecule has 0 bridgehead atoms. The number of thiol groups is 1. The third-order valence-electron chi connectivity index (χ3n) is 3.38. The zero-order valence-corrected chi connectivity index (χ0v) is 12.7. The van der Waals surface area contributed by atoms with Crippen LogP contribution in [0.5, 0.6) is 0 Å². The van der Waals surface area contributed by atoms with Crippen LogP contribution in [0.25, 0.3) is 0 Å². The van der Waals surface area contributed by atoms with Crippen LogP contribution < -0.4 is 0 Å². The van der Waals surface area contributed by atoms with Crippen LogP contribution in [0.4, 0.5) is 0 Å². The molecule has 0 spiro atoms. The van der Waals surface area contributed by atoms with Gasteiger partial charge in [0.25, 0.3) is 0 Å². The van der Waals surface area contributed by atoms with Gasteiger partial charge in [-0.1, -0.05) is 23.7 Å². The highest BCUT2D eigenvalue weighted by Crippen LogP contribution is 2.40. The predicted octanol–water partition coefficient (Wildman–Crippen LogP) is 3.77. The molecule has 0 saturated heterocycles. The third-order valence-corrected chi connectivity index (χ3v) is 3.96. The second kappa shape index (κ2) is 5.82. The van der Waals surface area contributed by atoms with E-state index in [2.05, 4.69) is 23.7 Å². The number of allylic oxidation sites excluding steroid dienone is 1. The molecular weight excluding hydrogens is 292 g/mol. The molecule has 20 heavy (non-hydrogen) atoms. The van der Waals surface area contributed by atoms with Crippen LogP contribution in [0.15, 0.2) is 39.9 Å². The van der Waals surface area contributed by atoms with Gasteiger partial charge in [0.15, 0.2) is 0 Å². The van der Waals surface area contributed by atoms with Crippen molar-refractivity contribution < 1.29 is 4.79 Å². The smallest absolute Gasteiger partial charge is 0.139 e. The number of carbonyl (C=O) groups is 1. The summed E-state index contributed by atoms with van der Waals surface area (Å²) in [4.78, 5) is 16.2. The maximum atomic E-state index is 12.0. The molecule has 102 valence electrons. The van der Waals surface area contributed by atoms with Gasteiger partial charge in [-0.05, 0) is 31.5 Å². The van der Waals surface area contributed by atoms with Crippen molar-refractivity contribution in [2.24, 2.45) is 10.9 Å². The number of hydrogen-bond acceptors (Lipinski definition) is 4. The second-order valence-electron chi connectivity index (χ2n) is 4.72. The van der Waals surface area contributed by atoms with Crippen molar-refractivity contribution in [3.8, 4) is 6.07 Å². The minimum atomic E-state index is -0.445. The fourth-order valence-electron chi connectivity index (χ4n) is 2.55. The molecule has 0 aromatic heterocycles. The molecule has 1 heterocycles. The quantitative estimate of drug-likeness (QED) is 0.846. The first-order valence-electron chi connectivity index (χ1n) is 6.10. The van der Waals surface area contributed by atoms with Crippen LogP contribution in [0.1, 0.15) is 25.3 Å². The van der Waals surface area contributed by atoms with Crippen molar-refractivity contribution in [1.82, 2.24) is 0 Å². The average Bonchev–Trinajstić information content (AvgIpc) is 2.37. The van der Waals surface area contributed by atoms with E-state index in [4.69, 9.17) is 11.6 Å². The number of nitrogens with zero attached hydrogens (tertiary/aromatic N) is 2. The molecule has 0 aliphatic carbocycles. The van der Waals surface area contributed by atoms with Gasteiger partial charge < -0.3 is 0 Å². The predicted molar refractivity (Wildman–Crippen MR) is 83.1 cm³/mol. The van der Waals surface area contributed by atoms with Crippen molar-refractivity contribution in [3.05, 3.63) is 45.5 Å². The van der Waals surface area contributed by atoms with E-state index in [0.717, 1.165) is 5.56 Å². The Balaban J connectivity index is 2.64. The van der Waals surface area contributed by atoms with Gasteiger partial charge in [0.1, 0.15) is 10.8 Å². The zero-order chi connectivity index (χ0) is 14.9. The number of aliphatic imine (C=N–C) groups is 1. The Morgan fingerprint density at radius 3 is 2.75 bits per heavy atom. The van der Waals surface area contributed by atoms with Crippen LogP contribution in [0.3, 0.4) is 0 Å². The highest BCUT2D eigenvalue weighted by atomic mass is 35.5. The summed E-state index contributed by atoms with van der Waals surface area (Å²) in [6.07, 6.45) is 0. The fourth-order valence-corrected chi connectivity index (χ4v) is 3.10. The lowest BCUT2D eigenvalue weighted by atomic mass is 9.75. The second-order valence-corrected chi connectivity index (χ2v) is 5.58. The Morgan fingerprint density at radius 2 is 2.20 bits per heavy atom. The summed E-state index contributed by atoms with van der Waals surface area (Å²) in [6, 6.07) is 9.34. The first-order valence-corrected chi connectivity index (χ1v) is 6.92. The van der Waals surface area contributed by atoms with E-state index in [1.165, 1.54) is 6.92 Å². The average molecular weight is 305 g/mol. The van der Waals surface area contributed by atoms with Crippen molar-refractivity contribution in [3.63, 3.8) is 0 Å². The van der Waals surface area contributed by atoms with Crippen molar-refractivity contribution >= 4 is 35.7 Å². The molecule has 1 aliphatic rings. The van der Waals surface area contributed by atoms with Crippen LogP contribution in [0, 0.1) is 17.2 Å². The molecular formula is C15H13ClN2OS. The summed E-state index contributed by atoms with van der Waals surface area (Å²) in [5.41, 5.74) is 1.91. The van der Waals surface area contributed by atoms with Gasteiger partial charge in [-0.25, -0.2) is 4.99 Å². The van der Waals surface area contributed by atoms with Crippen molar-refractivity contribution in [2.45, 2.75) is 19.8 Å². The SMILES string of the molecule is CC(=O)C1C(C)=NC(S)=C(C#N)[C@H]1c1cccc(Cl)c1. The lowest BCUT2D eigenvalue weighted by Gasteiger charge is -2.29. The molecule has 2 atom stereocenters. The number of ketones is 1. The Hall–Kier alpha value is -1.57. The molecule has 0 N–H and O–H groups in total. The summed E-state index contributed by atoms with van der Waals surface area (Å²) in [5.74, 6) is -0.843. The third kappa shape index (κ3) is 2.65. The minimum absolute atomic E-state index is 0.0233. The number of rotatable bonds is 2. The maximum Gasteiger partial charge on any atom is 0.139 e. The number of halogens is 1. The van der Waals surface area contributed by atoms with Gasteiger partial charge >= 0.3 is 0 Å². The first kappa shape index (κ1) is 14.8. The van der Waals surface area contributed by atoms with Crippen LogP contribution in [-0.4, -0.2) is 11.5 Å². The Morgan fingerprint density at radius 1 is 1.50 bits per heavy atom. The number of hydrogen-bond donors (Lipinski definition) is 1. The number of carbonyl (C=O) groups excluding carboxylic acids is 1. The van der Waals surface area contributed by atoms with Crippen LogP contribution in [-0.2, 0) is 4.79 Å². The van der Waals surface area contributed by atoms with Gasteiger partial charge in [-0.3, -0.25) is 4.79 Å². The van der Waals surface area contributed by atoms with Gasteiger partial charge in [0.05, 0.1) is 17.6 Å². The van der Waals surface area contributed by atoms with Gasteiger partial charge in [-0.15, -0.1) is 12.6 Å². The molecule has 1 aromatic rings. The largest absolute Gasteiger partial charge is 0.299 e. The van der Waals surface area contributed by atoms with E-state index >= 15 is 0 Å². The summed E-state index contributed by atoms with van der Waals surface area (Å²) in [7, 11) is 0. The van der Waals surface area contributed by atoms with E-state index < -0.39 is 5.92 Å². The number of benzene rings is 1. The van der Waals surface area contributed by atoms with Crippen LogP contribution in [0.2, 0.25) is 5.02 Å². The lowest BCUT2D eigenvalue weighted by Crippen LogP contribution is -2.31. The van der Waals surface area contributed by atoms with Crippen molar-refractivity contribution in [1.29, 1.82) is 5.26 Å². The molecule has 1 aliphatic heterocycles. The molecule has 3 nitrogen and oxygen atoms in total. The minimum Gasteiger partial charge on any atom is -0.299 e. The maximum absolute atomic E-state index is 12.0. The fraction of sp³-hybridized carbons (Fsp3) is 0.267. The topological polar surface area (TPSA) is 53.2 Å². The summed E-state index contributed by atoms with van der Waals surface area (Å²) < 4.78 is 0. The molecule has 5 heteroatoms. The number of nitriles is 1. The van der Waals surface area contributed by atoms with E-state index in [9.17, 15) is 10.1 Å². The van der Waals surface area contributed by atoms with E-state index in [-0.39, 0.29) is 11.7 Å². The summed E-state index contributed by atoms with van der Waals surface area (Å²) in [5, 5.41) is 10.3. The molecule has 0 radical (unpaired) electrons. The molecule has 1 aromatic carbocycles. The van der Waals surface area contributed by atoms with E-state index in [1.54, 1.807) is 19.1 Å². The van der Waals surface area contributed by atoms with E-state index in [1.807, 2.05) is 12.1 Å². The zero-order valence-electron chi connectivity index (χ0n) is 11.1. The lowest BCUT2D eigenvalue weighted by molar-refractivity contribution is -0.119. The normalized spacial score (nSPS) is 22.2. The molecule has 0 amide bonds. The monoisotopic (exact) mass is 304 g/mol. The molecule has 2 rings (SSSR count). The van der Waals surface area contributed by atoms with Crippen molar-refractivity contribution in [2.75, 3.05) is 0 Å².